The number of rotatable bonds is 6. The first kappa shape index (κ1) is 33.2. The first-order chi connectivity index (χ1) is 21.2. The molecule has 11 nitrogen and oxygen atoms in total. The molecule has 2 aromatic carbocycles. The van der Waals surface area contributed by atoms with Crippen LogP contribution < -0.4 is 20.4 Å². The van der Waals surface area contributed by atoms with Crippen LogP contribution in [-0.2, 0) is 30.6 Å². The lowest BCUT2D eigenvalue weighted by Crippen LogP contribution is -2.45. The van der Waals surface area contributed by atoms with Crippen LogP contribution in [0, 0.1) is 0 Å². The molecule has 3 heterocycles. The van der Waals surface area contributed by atoms with Crippen LogP contribution in [0.4, 0.5) is 44.2 Å². The summed E-state index contributed by atoms with van der Waals surface area (Å²) in [5, 5.41) is 12.8. The predicted molar refractivity (Wildman–Crippen MR) is 152 cm³/mol. The molecule has 5 rings (SSSR count). The molecule has 0 atom stereocenters. The van der Waals surface area contributed by atoms with Gasteiger partial charge in [-0.25, -0.2) is 4.79 Å². The van der Waals surface area contributed by atoms with Gasteiger partial charge in [0.25, 0.3) is 5.91 Å². The molecule has 0 aliphatic carbocycles. The normalized spacial score (nSPS) is 15.2. The SMILES string of the molecule is CNc1nc(N2CCN(C)CC2)nc(N2Cc3ccc(C(=O)NCc4ccccc4C(F)(F)F)cc3C2)n1.O=C(O)C(F)(F)F. The highest BCUT2D eigenvalue weighted by molar-refractivity contribution is 5.94. The number of nitrogens with zero attached hydrogens (tertiary/aromatic N) is 6. The Labute approximate surface area is 253 Å². The van der Waals surface area contributed by atoms with Gasteiger partial charge in [0.1, 0.15) is 0 Å². The van der Waals surface area contributed by atoms with Gasteiger partial charge in [0.05, 0.1) is 5.56 Å². The first-order valence-corrected chi connectivity index (χ1v) is 13.6. The van der Waals surface area contributed by atoms with Gasteiger partial charge < -0.3 is 30.4 Å². The van der Waals surface area contributed by atoms with E-state index < -0.39 is 29.8 Å². The van der Waals surface area contributed by atoms with E-state index in [1.165, 1.54) is 18.2 Å². The third-order valence-corrected chi connectivity index (χ3v) is 7.10. The lowest BCUT2D eigenvalue weighted by Gasteiger charge is -2.32. The summed E-state index contributed by atoms with van der Waals surface area (Å²) in [7, 11) is 3.86. The molecular formula is C28H30F6N8O3. The van der Waals surface area contributed by atoms with E-state index in [1.54, 1.807) is 19.2 Å². The van der Waals surface area contributed by atoms with Gasteiger partial charge in [-0.1, -0.05) is 24.3 Å². The zero-order valence-corrected chi connectivity index (χ0v) is 24.2. The Kier molecular flexibility index (Phi) is 10.00. The van der Waals surface area contributed by atoms with E-state index >= 15 is 0 Å². The van der Waals surface area contributed by atoms with Crippen LogP contribution in [-0.4, -0.2) is 83.3 Å². The lowest BCUT2D eigenvalue weighted by atomic mass is 10.1. The van der Waals surface area contributed by atoms with Gasteiger partial charge in [-0.05, 0) is 41.9 Å². The van der Waals surface area contributed by atoms with Gasteiger partial charge in [-0.3, -0.25) is 4.79 Å². The molecule has 0 spiro atoms. The van der Waals surface area contributed by atoms with Crippen molar-refractivity contribution in [2.75, 3.05) is 55.4 Å². The van der Waals surface area contributed by atoms with Crippen molar-refractivity contribution in [2.45, 2.75) is 32.0 Å². The number of carbonyl (C=O) groups excluding carboxylic acids is 1. The molecule has 17 heteroatoms. The highest BCUT2D eigenvalue weighted by Crippen LogP contribution is 2.32. The molecule has 2 aliphatic heterocycles. The number of carboxylic acid groups (broad SMARTS) is 1. The number of piperazine rings is 1. The van der Waals surface area contributed by atoms with Gasteiger partial charge in [0, 0.05) is 58.4 Å². The number of alkyl halides is 6. The summed E-state index contributed by atoms with van der Waals surface area (Å²) >= 11 is 0. The summed E-state index contributed by atoms with van der Waals surface area (Å²) in [6, 6.07) is 10.6. The second-order valence-corrected chi connectivity index (χ2v) is 10.3. The molecular weight excluding hydrogens is 610 g/mol. The number of aromatic nitrogens is 3. The van der Waals surface area contributed by atoms with Crippen molar-refractivity contribution in [1.29, 1.82) is 0 Å². The van der Waals surface area contributed by atoms with Crippen molar-refractivity contribution < 1.29 is 41.0 Å². The number of hydrogen-bond acceptors (Lipinski definition) is 9. The van der Waals surface area contributed by atoms with Crippen LogP contribution in [0.25, 0.3) is 0 Å². The number of benzene rings is 2. The molecule has 1 amide bonds. The predicted octanol–water partition coefficient (Wildman–Crippen LogP) is 3.77. The molecule has 242 valence electrons. The molecule has 45 heavy (non-hydrogen) atoms. The summed E-state index contributed by atoms with van der Waals surface area (Å²) in [5.74, 6) is -1.53. The summed E-state index contributed by atoms with van der Waals surface area (Å²) in [6.45, 7) is 4.37. The van der Waals surface area contributed by atoms with Crippen molar-refractivity contribution in [2.24, 2.45) is 0 Å². The Morgan fingerprint density at radius 2 is 1.47 bits per heavy atom. The Hall–Kier alpha value is -4.67. The third kappa shape index (κ3) is 8.49. The zero-order valence-electron chi connectivity index (χ0n) is 24.2. The van der Waals surface area contributed by atoms with Crippen LogP contribution >= 0.6 is 0 Å². The molecule has 1 aromatic heterocycles. The lowest BCUT2D eigenvalue weighted by molar-refractivity contribution is -0.192. The van der Waals surface area contributed by atoms with Crippen LogP contribution in [0.2, 0.25) is 0 Å². The Morgan fingerprint density at radius 1 is 0.867 bits per heavy atom. The first-order valence-electron chi connectivity index (χ1n) is 13.6. The standard InChI is InChI=1S/C26H29F3N8O.C2HF3O2/c1-30-23-32-24(36-11-9-35(2)10-12-36)34-25(33-23)37-15-19-8-7-17(13-20(19)16-37)22(38)31-14-18-5-3-4-6-21(18)26(27,28)29;3-2(4,5)1(6)7/h3-8,13H,9-12,14-16H2,1-2H3,(H,31,38)(H,30,32,33,34);(H,6,7). The summed E-state index contributed by atoms with van der Waals surface area (Å²) in [4.78, 5) is 42.0. The monoisotopic (exact) mass is 640 g/mol. The number of carboxylic acids is 1. The molecule has 2 aliphatic rings. The van der Waals surface area contributed by atoms with Gasteiger partial charge in [-0.2, -0.15) is 41.3 Å². The minimum Gasteiger partial charge on any atom is -0.475 e. The number of aliphatic carboxylic acids is 1. The summed E-state index contributed by atoms with van der Waals surface area (Å²) in [5.41, 5.74) is 1.64. The topological polar surface area (TPSA) is 127 Å². The van der Waals surface area contributed by atoms with Crippen LogP contribution in [0.15, 0.2) is 42.5 Å². The molecule has 1 saturated heterocycles. The number of hydrogen-bond donors (Lipinski definition) is 3. The van der Waals surface area contributed by atoms with Crippen LogP contribution in [0.1, 0.15) is 32.6 Å². The molecule has 0 bridgehead atoms. The fourth-order valence-corrected chi connectivity index (χ4v) is 4.66. The molecule has 0 unspecified atom stereocenters. The van der Waals surface area contributed by atoms with E-state index in [-0.39, 0.29) is 12.1 Å². The van der Waals surface area contributed by atoms with Gasteiger partial charge in [-0.15, -0.1) is 0 Å². The molecule has 0 saturated carbocycles. The third-order valence-electron chi connectivity index (χ3n) is 7.10. The fraction of sp³-hybridized carbons (Fsp3) is 0.393. The number of amides is 1. The summed E-state index contributed by atoms with van der Waals surface area (Å²) < 4.78 is 71.6. The highest BCUT2D eigenvalue weighted by atomic mass is 19.4. The van der Waals surface area contributed by atoms with Gasteiger partial charge in [0.15, 0.2) is 0 Å². The van der Waals surface area contributed by atoms with E-state index in [0.29, 0.717) is 36.5 Å². The Balaban J connectivity index is 0.000000591. The minimum absolute atomic E-state index is 0.0204. The fourth-order valence-electron chi connectivity index (χ4n) is 4.66. The maximum atomic E-state index is 13.3. The van der Waals surface area contributed by atoms with E-state index in [0.717, 1.165) is 43.4 Å². The number of nitrogens with one attached hydrogen (secondary N) is 2. The largest absolute Gasteiger partial charge is 0.490 e. The quantitative estimate of drug-likeness (QED) is 0.343. The second kappa shape index (κ2) is 13.5. The van der Waals surface area contributed by atoms with E-state index in [4.69, 9.17) is 14.9 Å². The van der Waals surface area contributed by atoms with Crippen LogP contribution in [0.5, 0.6) is 0 Å². The maximum Gasteiger partial charge on any atom is 0.490 e. The number of carbonyl (C=O) groups is 2. The number of halogens is 6. The highest BCUT2D eigenvalue weighted by Gasteiger charge is 2.38. The number of anilines is 3. The van der Waals surface area contributed by atoms with Crippen molar-refractivity contribution in [1.82, 2.24) is 25.2 Å². The van der Waals surface area contributed by atoms with Crippen LogP contribution in [0.3, 0.4) is 0 Å². The molecule has 3 aromatic rings. The van der Waals surface area contributed by atoms with E-state index in [1.807, 2.05) is 11.0 Å². The zero-order chi connectivity index (χ0) is 32.9. The van der Waals surface area contributed by atoms with Crippen molar-refractivity contribution in [3.8, 4) is 0 Å². The van der Waals surface area contributed by atoms with Crippen molar-refractivity contribution in [3.63, 3.8) is 0 Å². The maximum absolute atomic E-state index is 13.3. The minimum atomic E-state index is -5.08. The second-order valence-electron chi connectivity index (χ2n) is 10.3. The average Bonchev–Trinajstić information content (AvgIpc) is 3.43. The number of fused-ring (bicyclic) bond motifs is 1. The van der Waals surface area contributed by atoms with E-state index in [2.05, 4.69) is 37.4 Å². The Morgan fingerprint density at radius 3 is 2.07 bits per heavy atom. The van der Waals surface area contributed by atoms with Gasteiger partial charge >= 0.3 is 18.3 Å². The average molecular weight is 641 g/mol. The molecule has 3 N–H and O–H groups in total. The van der Waals surface area contributed by atoms with Crippen molar-refractivity contribution in [3.05, 3.63) is 70.3 Å². The Bertz CT molecular complexity index is 1530. The molecule has 0 radical (unpaired) electrons. The smallest absolute Gasteiger partial charge is 0.475 e. The van der Waals surface area contributed by atoms with Crippen molar-refractivity contribution >= 4 is 29.7 Å². The molecule has 1 fully saturated rings. The number of likely N-dealkylation sites (N-methyl/N-ethyl adjacent to an activating group) is 1. The van der Waals surface area contributed by atoms with Gasteiger partial charge in [0.2, 0.25) is 17.8 Å². The summed E-state index contributed by atoms with van der Waals surface area (Å²) in [6.07, 6.45) is -9.56. The van der Waals surface area contributed by atoms with E-state index in [9.17, 15) is 31.1 Å².